The van der Waals surface area contributed by atoms with E-state index in [4.69, 9.17) is 9.47 Å². The van der Waals surface area contributed by atoms with Gasteiger partial charge in [-0.3, -0.25) is 4.79 Å². The van der Waals surface area contributed by atoms with E-state index in [2.05, 4.69) is 43.5 Å². The van der Waals surface area contributed by atoms with Gasteiger partial charge in [-0.15, -0.1) is 0 Å². The van der Waals surface area contributed by atoms with Gasteiger partial charge in [-0.1, -0.05) is 67.6 Å². The molecule has 0 bridgehead atoms. The molecule has 196 valence electrons. The van der Waals surface area contributed by atoms with Crippen LogP contribution >= 0.6 is 0 Å². The Hall–Kier alpha value is -3.35. The monoisotopic (exact) mass is 502 g/mol. The first-order valence-electron chi connectivity index (χ1n) is 13.1. The first kappa shape index (κ1) is 26.7. The van der Waals surface area contributed by atoms with Crippen LogP contribution in [0.5, 0.6) is 11.5 Å². The molecule has 1 aliphatic rings. The van der Waals surface area contributed by atoms with E-state index < -0.39 is 12.1 Å². The molecule has 4 rings (SSSR count). The molecule has 0 saturated carbocycles. The maximum Gasteiger partial charge on any atom is 0.258 e. The number of aliphatic hydroxyl groups excluding tert-OH is 1. The third-order valence-electron chi connectivity index (χ3n) is 6.74. The summed E-state index contributed by atoms with van der Waals surface area (Å²) < 4.78 is 11.8. The largest absolute Gasteiger partial charge is 0.487 e. The highest BCUT2D eigenvalue weighted by Gasteiger charge is 2.34. The molecule has 0 radical (unpaired) electrons. The normalized spacial score (nSPS) is 17.7. The van der Waals surface area contributed by atoms with E-state index in [1.54, 1.807) is 0 Å². The second-order valence-corrected chi connectivity index (χ2v) is 10.3. The van der Waals surface area contributed by atoms with Crippen molar-refractivity contribution in [2.45, 2.75) is 63.8 Å². The first-order valence-corrected chi connectivity index (χ1v) is 13.1. The minimum atomic E-state index is -0.801. The van der Waals surface area contributed by atoms with Crippen molar-refractivity contribution in [1.29, 1.82) is 0 Å². The predicted octanol–water partition coefficient (Wildman–Crippen LogP) is 4.61. The van der Waals surface area contributed by atoms with Crippen molar-refractivity contribution < 1.29 is 19.4 Å². The van der Waals surface area contributed by atoms with Crippen molar-refractivity contribution in [3.05, 3.63) is 95.6 Å². The Morgan fingerprint density at radius 3 is 2.46 bits per heavy atom. The van der Waals surface area contributed by atoms with Gasteiger partial charge in [0, 0.05) is 24.6 Å². The lowest BCUT2D eigenvalue weighted by molar-refractivity contribution is -0.124. The van der Waals surface area contributed by atoms with Gasteiger partial charge in [0.15, 0.2) is 6.61 Å². The van der Waals surface area contributed by atoms with Crippen molar-refractivity contribution >= 4 is 5.91 Å². The van der Waals surface area contributed by atoms with Gasteiger partial charge < -0.3 is 25.2 Å². The summed E-state index contributed by atoms with van der Waals surface area (Å²) in [6, 6.07) is 25.0. The number of carbonyl (C=O) groups is 1. The van der Waals surface area contributed by atoms with Gasteiger partial charge >= 0.3 is 0 Å². The summed E-state index contributed by atoms with van der Waals surface area (Å²) in [5, 5.41) is 17.8. The zero-order valence-corrected chi connectivity index (χ0v) is 21.9. The highest BCUT2D eigenvalue weighted by Crippen LogP contribution is 2.40. The van der Waals surface area contributed by atoms with Gasteiger partial charge in [0.1, 0.15) is 17.1 Å². The number of hydrogen-bond donors (Lipinski definition) is 3. The van der Waals surface area contributed by atoms with Crippen molar-refractivity contribution in [2.75, 3.05) is 13.2 Å². The topological polar surface area (TPSA) is 79.8 Å². The zero-order valence-electron chi connectivity index (χ0n) is 21.9. The van der Waals surface area contributed by atoms with E-state index in [1.165, 1.54) is 5.56 Å². The van der Waals surface area contributed by atoms with Crippen molar-refractivity contribution in [3.63, 3.8) is 0 Å². The van der Waals surface area contributed by atoms with E-state index in [0.29, 0.717) is 18.7 Å². The molecule has 37 heavy (non-hydrogen) atoms. The van der Waals surface area contributed by atoms with Crippen molar-refractivity contribution in [1.82, 2.24) is 10.6 Å². The van der Waals surface area contributed by atoms with E-state index in [0.717, 1.165) is 29.7 Å². The van der Waals surface area contributed by atoms with E-state index in [9.17, 15) is 9.90 Å². The van der Waals surface area contributed by atoms with Gasteiger partial charge in [0.25, 0.3) is 5.91 Å². The average molecular weight is 503 g/mol. The fourth-order valence-electron chi connectivity index (χ4n) is 4.78. The van der Waals surface area contributed by atoms with Crippen molar-refractivity contribution in [3.8, 4) is 11.5 Å². The summed E-state index contributed by atoms with van der Waals surface area (Å²) in [5.74, 6) is 1.24. The summed E-state index contributed by atoms with van der Waals surface area (Å²) in [6.45, 7) is 6.52. The summed E-state index contributed by atoms with van der Waals surface area (Å²) in [6.07, 6.45) is 1.43. The Morgan fingerprint density at radius 2 is 1.76 bits per heavy atom. The van der Waals surface area contributed by atoms with Crippen LogP contribution in [-0.4, -0.2) is 41.9 Å². The number of hydrogen-bond acceptors (Lipinski definition) is 5. The van der Waals surface area contributed by atoms with Gasteiger partial charge in [0.2, 0.25) is 0 Å². The molecule has 1 aliphatic heterocycles. The number of carbonyl (C=O) groups excluding carboxylic acids is 1. The lowest BCUT2D eigenvalue weighted by Gasteiger charge is -2.39. The Labute approximate surface area is 220 Å². The minimum absolute atomic E-state index is 0.0365. The van der Waals surface area contributed by atoms with E-state index >= 15 is 0 Å². The van der Waals surface area contributed by atoms with Crippen molar-refractivity contribution in [2.24, 2.45) is 0 Å². The summed E-state index contributed by atoms with van der Waals surface area (Å²) >= 11 is 0. The number of aryl methyl sites for hydroxylation is 1. The number of nitrogens with one attached hydrogen (secondary N) is 2. The molecule has 0 spiro atoms. The van der Waals surface area contributed by atoms with Crippen LogP contribution in [0.2, 0.25) is 0 Å². The maximum absolute atomic E-state index is 12.8. The zero-order chi connectivity index (χ0) is 26.3. The van der Waals surface area contributed by atoms with Gasteiger partial charge in [0.05, 0.1) is 12.1 Å². The SMILES string of the molecule is CCc1ccc2c(c1)[C@@H](NC[C@@H](O)[C@H](Cc1ccccc1)NC(=O)COc1ccccc1)CC(C)(C)O2. The summed E-state index contributed by atoms with van der Waals surface area (Å²) in [4.78, 5) is 12.8. The van der Waals surface area contributed by atoms with Crippen LogP contribution in [0.25, 0.3) is 0 Å². The number of rotatable bonds is 11. The molecule has 0 saturated heterocycles. The quantitative estimate of drug-likeness (QED) is 0.357. The number of para-hydroxylation sites is 1. The van der Waals surface area contributed by atoms with Gasteiger partial charge in [-0.2, -0.15) is 0 Å². The standard InChI is InChI=1S/C31H38N2O4/c1-4-22-15-16-29-25(17-22)27(19-31(2,3)37-29)32-20-28(34)26(18-23-11-7-5-8-12-23)33-30(35)21-36-24-13-9-6-10-14-24/h5-17,26-28,32,34H,4,18-21H2,1-3H3,(H,33,35)/t26-,27-,28+/m0/s1. The van der Waals surface area contributed by atoms with Gasteiger partial charge in [-0.25, -0.2) is 0 Å². The molecule has 0 aliphatic carbocycles. The Morgan fingerprint density at radius 1 is 1.05 bits per heavy atom. The second kappa shape index (κ2) is 12.3. The Bertz CT molecular complexity index is 1150. The highest BCUT2D eigenvalue weighted by molar-refractivity contribution is 5.78. The first-order chi connectivity index (χ1) is 17.8. The molecule has 0 unspecified atom stereocenters. The smallest absolute Gasteiger partial charge is 0.258 e. The van der Waals surface area contributed by atoms with Crippen LogP contribution < -0.4 is 20.1 Å². The molecule has 0 fully saturated rings. The molecule has 6 heteroatoms. The number of amides is 1. The molecule has 0 aromatic heterocycles. The van der Waals surface area contributed by atoms with Crippen LogP contribution in [0.3, 0.4) is 0 Å². The molecule has 1 heterocycles. The third-order valence-corrected chi connectivity index (χ3v) is 6.74. The van der Waals surface area contributed by atoms with Crippen LogP contribution in [0.4, 0.5) is 0 Å². The molecule has 6 nitrogen and oxygen atoms in total. The molecule has 3 aromatic rings. The fraction of sp³-hybridized carbons (Fsp3) is 0.387. The summed E-state index contributed by atoms with van der Waals surface area (Å²) in [5.41, 5.74) is 3.09. The number of aliphatic hydroxyl groups is 1. The van der Waals surface area contributed by atoms with E-state index in [-0.39, 0.29) is 24.2 Å². The molecule has 3 N–H and O–H groups in total. The lowest BCUT2D eigenvalue weighted by atomic mass is 9.88. The second-order valence-electron chi connectivity index (χ2n) is 10.3. The van der Waals surface area contributed by atoms with Crippen LogP contribution in [-0.2, 0) is 17.6 Å². The van der Waals surface area contributed by atoms with Crippen LogP contribution in [0, 0.1) is 0 Å². The third kappa shape index (κ3) is 7.57. The predicted molar refractivity (Wildman–Crippen MR) is 146 cm³/mol. The van der Waals surface area contributed by atoms with Gasteiger partial charge in [-0.05, 0) is 56.0 Å². The molecular weight excluding hydrogens is 464 g/mol. The fourth-order valence-corrected chi connectivity index (χ4v) is 4.78. The summed E-state index contributed by atoms with van der Waals surface area (Å²) in [7, 11) is 0. The van der Waals surface area contributed by atoms with Crippen LogP contribution in [0.1, 0.15) is 49.9 Å². The number of ether oxygens (including phenoxy) is 2. The molecule has 3 aromatic carbocycles. The number of benzene rings is 3. The minimum Gasteiger partial charge on any atom is -0.487 e. The van der Waals surface area contributed by atoms with Crippen LogP contribution in [0.15, 0.2) is 78.9 Å². The maximum atomic E-state index is 12.8. The number of fused-ring (bicyclic) bond motifs is 1. The average Bonchev–Trinajstić information content (AvgIpc) is 2.90. The molecule has 3 atom stereocenters. The Kier molecular flexibility index (Phi) is 8.85. The molecule has 1 amide bonds. The van der Waals surface area contributed by atoms with E-state index in [1.807, 2.05) is 66.7 Å². The molecular formula is C31H38N2O4. The highest BCUT2D eigenvalue weighted by atomic mass is 16.5. The Balaban J connectivity index is 1.44. The lowest BCUT2D eigenvalue weighted by Crippen LogP contribution is -2.51.